The molecule has 0 heterocycles. The van der Waals surface area contributed by atoms with Crippen molar-refractivity contribution in [1.29, 1.82) is 0 Å². The number of rotatable bonds is 6. The molecular weight excluding hydrogens is 372 g/mol. The molecule has 0 atom stereocenters. The zero-order valence-electron chi connectivity index (χ0n) is 12.9. The summed E-state index contributed by atoms with van der Waals surface area (Å²) in [6.07, 6.45) is 1.06. The average Bonchev–Trinajstić information content (AvgIpc) is 2.29. The van der Waals surface area contributed by atoms with Gasteiger partial charge in [-0.1, -0.05) is 48.3 Å². The first kappa shape index (κ1) is 18.6. The molecule has 0 unspecified atom stereocenters. The number of halogens is 2. The molecule has 0 aliphatic rings. The Morgan fingerprint density at radius 3 is 2.50 bits per heavy atom. The molecule has 0 aromatic heterocycles. The van der Waals surface area contributed by atoms with Gasteiger partial charge in [-0.05, 0) is 42.8 Å². The highest BCUT2D eigenvalue weighted by molar-refractivity contribution is 9.10. The second-order valence-electron chi connectivity index (χ2n) is 6.39. The van der Waals surface area contributed by atoms with Crippen LogP contribution in [-0.2, 0) is 4.43 Å². The molecule has 0 aliphatic heterocycles. The second-order valence-corrected chi connectivity index (χ2v) is 13.7. The Kier molecular flexibility index (Phi) is 7.13. The fourth-order valence-electron chi connectivity index (χ4n) is 1.38. The van der Waals surface area contributed by atoms with Crippen molar-refractivity contribution in [3.8, 4) is 0 Å². The van der Waals surface area contributed by atoms with E-state index >= 15 is 0 Å². The number of thioether (sulfide) groups is 1. The van der Waals surface area contributed by atoms with E-state index in [1.165, 1.54) is 0 Å². The Morgan fingerprint density at radius 1 is 1.30 bits per heavy atom. The van der Waals surface area contributed by atoms with Crippen molar-refractivity contribution in [3.05, 3.63) is 27.7 Å². The zero-order chi connectivity index (χ0) is 15.4. The van der Waals surface area contributed by atoms with E-state index in [9.17, 15) is 0 Å². The van der Waals surface area contributed by atoms with Gasteiger partial charge in [-0.25, -0.2) is 0 Å². The highest BCUT2D eigenvalue weighted by Gasteiger charge is 2.36. The van der Waals surface area contributed by atoms with E-state index in [0.29, 0.717) is 0 Å². The molecule has 1 aromatic rings. The molecule has 114 valence electrons. The molecule has 0 N–H and O–H groups in total. The van der Waals surface area contributed by atoms with Crippen molar-refractivity contribution < 1.29 is 4.43 Å². The number of hydrogen-bond acceptors (Lipinski definition) is 2. The van der Waals surface area contributed by atoms with Crippen LogP contribution in [0.5, 0.6) is 0 Å². The van der Waals surface area contributed by atoms with Crippen LogP contribution in [0.4, 0.5) is 0 Å². The van der Waals surface area contributed by atoms with Gasteiger partial charge in [0.2, 0.25) is 0 Å². The number of benzene rings is 1. The Morgan fingerprint density at radius 2 is 1.95 bits per heavy atom. The Balaban J connectivity index is 2.32. The topological polar surface area (TPSA) is 9.23 Å². The molecule has 0 saturated carbocycles. The van der Waals surface area contributed by atoms with Crippen LogP contribution in [0.25, 0.3) is 0 Å². The molecule has 20 heavy (non-hydrogen) atoms. The van der Waals surface area contributed by atoms with Crippen LogP contribution in [0.2, 0.25) is 23.2 Å². The zero-order valence-corrected chi connectivity index (χ0v) is 17.1. The monoisotopic (exact) mass is 394 g/mol. The highest BCUT2D eigenvalue weighted by atomic mass is 79.9. The van der Waals surface area contributed by atoms with Gasteiger partial charge in [-0.15, -0.1) is 11.8 Å². The maximum absolute atomic E-state index is 6.20. The molecule has 5 heteroatoms. The van der Waals surface area contributed by atoms with E-state index in [1.807, 2.05) is 12.1 Å². The summed E-state index contributed by atoms with van der Waals surface area (Å²) in [6, 6.07) is 6.03. The average molecular weight is 396 g/mol. The number of hydrogen-bond donors (Lipinski definition) is 0. The summed E-state index contributed by atoms with van der Waals surface area (Å²) in [5.74, 6) is 1.04. The van der Waals surface area contributed by atoms with Crippen molar-refractivity contribution in [2.75, 3.05) is 12.4 Å². The molecule has 1 nitrogen and oxygen atoms in total. The van der Waals surface area contributed by atoms with Crippen molar-refractivity contribution in [1.82, 2.24) is 0 Å². The molecule has 1 aromatic carbocycles. The van der Waals surface area contributed by atoms with E-state index < -0.39 is 8.32 Å². The summed E-state index contributed by atoms with van der Waals surface area (Å²) in [6.45, 7) is 12.3. The summed E-state index contributed by atoms with van der Waals surface area (Å²) < 4.78 is 7.19. The molecule has 1 rings (SSSR count). The van der Waals surface area contributed by atoms with Crippen LogP contribution in [-0.4, -0.2) is 20.7 Å². The van der Waals surface area contributed by atoms with Crippen LogP contribution < -0.4 is 0 Å². The van der Waals surface area contributed by atoms with E-state index in [4.69, 9.17) is 16.0 Å². The summed E-state index contributed by atoms with van der Waals surface area (Å²) >= 11 is 11.4. The van der Waals surface area contributed by atoms with Gasteiger partial charge in [0.25, 0.3) is 0 Å². The van der Waals surface area contributed by atoms with E-state index in [0.717, 1.165) is 33.2 Å². The Labute approximate surface area is 142 Å². The lowest BCUT2D eigenvalue weighted by molar-refractivity contribution is 0.289. The molecular formula is C15H24BrClOSSi. The van der Waals surface area contributed by atoms with Gasteiger partial charge in [0.15, 0.2) is 8.32 Å². The van der Waals surface area contributed by atoms with Crippen LogP contribution in [0, 0.1) is 0 Å². The molecule has 0 radical (unpaired) electrons. The van der Waals surface area contributed by atoms with Gasteiger partial charge >= 0.3 is 0 Å². The summed E-state index contributed by atoms with van der Waals surface area (Å²) in [4.78, 5) is 1.14. The quantitative estimate of drug-likeness (QED) is 0.304. The first-order chi connectivity index (χ1) is 9.13. The molecule has 0 fully saturated rings. The predicted molar refractivity (Wildman–Crippen MR) is 97.6 cm³/mol. The lowest BCUT2D eigenvalue weighted by Gasteiger charge is -2.36. The van der Waals surface area contributed by atoms with Crippen LogP contribution in [0.15, 0.2) is 27.6 Å². The fourth-order valence-corrected chi connectivity index (χ4v) is 4.15. The SMILES string of the molecule is CC(C)(C)[Si](C)(C)OCCCSc1ccc(Br)cc1Cl. The van der Waals surface area contributed by atoms with Gasteiger partial charge in [-0.2, -0.15) is 0 Å². The van der Waals surface area contributed by atoms with Gasteiger partial charge < -0.3 is 4.43 Å². The maximum Gasteiger partial charge on any atom is 0.191 e. The first-order valence-corrected chi connectivity index (χ1v) is 11.9. The normalized spacial score (nSPS) is 12.8. The summed E-state index contributed by atoms with van der Waals surface area (Å²) in [5.41, 5.74) is 0. The smallest absolute Gasteiger partial charge is 0.191 e. The van der Waals surface area contributed by atoms with Crippen LogP contribution in [0.1, 0.15) is 27.2 Å². The van der Waals surface area contributed by atoms with Crippen molar-refractivity contribution in [2.45, 2.75) is 50.2 Å². The van der Waals surface area contributed by atoms with Crippen molar-refractivity contribution in [2.24, 2.45) is 0 Å². The van der Waals surface area contributed by atoms with E-state index in [2.05, 4.69) is 55.9 Å². The lowest BCUT2D eigenvalue weighted by Crippen LogP contribution is -2.41. The minimum atomic E-state index is -1.59. The van der Waals surface area contributed by atoms with Crippen LogP contribution >= 0.6 is 39.3 Å². The van der Waals surface area contributed by atoms with Gasteiger partial charge in [-0.3, -0.25) is 0 Å². The Bertz CT molecular complexity index is 446. The summed E-state index contributed by atoms with van der Waals surface area (Å²) in [7, 11) is -1.59. The van der Waals surface area contributed by atoms with Crippen molar-refractivity contribution >= 4 is 47.6 Å². The molecule has 0 spiro atoms. The minimum absolute atomic E-state index is 0.287. The third-order valence-corrected chi connectivity index (χ3v) is 10.3. The Hall–Kier alpha value is 0.517. The third-order valence-electron chi connectivity index (χ3n) is 3.71. The highest BCUT2D eigenvalue weighted by Crippen LogP contribution is 2.36. The van der Waals surface area contributed by atoms with E-state index in [1.54, 1.807) is 11.8 Å². The maximum atomic E-state index is 6.20. The minimum Gasteiger partial charge on any atom is -0.417 e. The largest absolute Gasteiger partial charge is 0.417 e. The van der Waals surface area contributed by atoms with Gasteiger partial charge in [0.05, 0.1) is 5.02 Å². The molecule has 0 aliphatic carbocycles. The molecule has 0 saturated heterocycles. The second kappa shape index (κ2) is 7.68. The third kappa shape index (κ3) is 5.72. The fraction of sp³-hybridized carbons (Fsp3) is 0.600. The van der Waals surface area contributed by atoms with E-state index in [-0.39, 0.29) is 5.04 Å². The van der Waals surface area contributed by atoms with Gasteiger partial charge in [0.1, 0.15) is 0 Å². The van der Waals surface area contributed by atoms with Crippen molar-refractivity contribution in [3.63, 3.8) is 0 Å². The molecule has 0 bridgehead atoms. The molecule has 0 amide bonds. The lowest BCUT2D eigenvalue weighted by atomic mass is 10.2. The predicted octanol–water partition coefficient (Wildman–Crippen LogP) is 6.61. The first-order valence-electron chi connectivity index (χ1n) is 6.85. The van der Waals surface area contributed by atoms with Crippen LogP contribution in [0.3, 0.4) is 0 Å². The van der Waals surface area contributed by atoms with Gasteiger partial charge in [0, 0.05) is 21.7 Å². The summed E-state index contributed by atoms with van der Waals surface area (Å²) in [5, 5.41) is 1.10. The standard InChI is InChI=1S/C15H24BrClOSSi/c1-15(2,3)20(4,5)18-9-6-10-19-14-8-7-12(16)11-13(14)17/h7-8,11H,6,9-10H2,1-5H3.